The molecule has 0 amide bonds. The lowest BCUT2D eigenvalue weighted by atomic mass is 10.3. The number of nitrogens with zero attached hydrogens (tertiary/aromatic N) is 1. The maximum Gasteiger partial charge on any atom is 0.390 e. The minimum atomic E-state index is -4.64. The SMILES string of the molecule is CS(=O)(=O)Nc1c(Cl)cc(S(=O)(=O)N(CCC(F)(F)F)c2sc3ccccc3c2Cl)cc1Cl. The number of halogens is 6. The Morgan fingerprint density at radius 1 is 1.03 bits per heavy atom. The molecule has 33 heavy (non-hydrogen) atoms. The minimum Gasteiger partial charge on any atom is -0.281 e. The molecule has 1 N–H and O–H groups in total. The van der Waals surface area contributed by atoms with Gasteiger partial charge in [0, 0.05) is 16.6 Å². The van der Waals surface area contributed by atoms with Crippen LogP contribution in [0.5, 0.6) is 0 Å². The van der Waals surface area contributed by atoms with E-state index in [0.29, 0.717) is 14.4 Å². The molecule has 1 heterocycles. The first-order valence-corrected chi connectivity index (χ1v) is 14.1. The highest BCUT2D eigenvalue weighted by Gasteiger charge is 2.35. The number of anilines is 2. The van der Waals surface area contributed by atoms with Gasteiger partial charge < -0.3 is 0 Å². The molecule has 0 saturated carbocycles. The molecule has 0 aliphatic heterocycles. The van der Waals surface area contributed by atoms with Crippen molar-refractivity contribution in [2.75, 3.05) is 21.8 Å². The molecule has 6 nitrogen and oxygen atoms in total. The van der Waals surface area contributed by atoms with Crippen LogP contribution in [0.2, 0.25) is 15.1 Å². The Kier molecular flexibility index (Phi) is 7.38. The third kappa shape index (κ3) is 5.98. The van der Waals surface area contributed by atoms with Gasteiger partial charge in [0.25, 0.3) is 10.0 Å². The van der Waals surface area contributed by atoms with Gasteiger partial charge in [0.05, 0.1) is 38.3 Å². The first-order chi connectivity index (χ1) is 15.1. The van der Waals surface area contributed by atoms with Gasteiger partial charge in [0.15, 0.2) is 0 Å². The fourth-order valence-electron chi connectivity index (χ4n) is 2.83. The predicted molar refractivity (Wildman–Crippen MR) is 127 cm³/mol. The summed E-state index contributed by atoms with van der Waals surface area (Å²) in [7, 11) is -8.43. The van der Waals surface area contributed by atoms with Crippen LogP contribution in [0.25, 0.3) is 10.1 Å². The van der Waals surface area contributed by atoms with Crippen LogP contribution >= 0.6 is 46.1 Å². The van der Waals surface area contributed by atoms with Crippen molar-refractivity contribution in [3.63, 3.8) is 0 Å². The summed E-state index contributed by atoms with van der Waals surface area (Å²) in [6.45, 7) is -0.947. The Labute approximate surface area is 207 Å². The van der Waals surface area contributed by atoms with Crippen LogP contribution in [0.15, 0.2) is 41.3 Å². The molecule has 0 aliphatic rings. The van der Waals surface area contributed by atoms with Gasteiger partial charge in [-0.1, -0.05) is 53.0 Å². The van der Waals surface area contributed by atoms with Crippen LogP contribution in [-0.2, 0) is 20.0 Å². The topological polar surface area (TPSA) is 83.5 Å². The Balaban J connectivity index is 2.16. The van der Waals surface area contributed by atoms with Crippen molar-refractivity contribution in [2.45, 2.75) is 17.5 Å². The number of nitrogens with one attached hydrogen (secondary N) is 1. The molecular weight excluding hydrogens is 568 g/mol. The summed E-state index contributed by atoms with van der Waals surface area (Å²) in [6.07, 6.45) is -5.24. The first kappa shape index (κ1) is 26.2. The van der Waals surface area contributed by atoms with Crippen LogP contribution in [0.3, 0.4) is 0 Å². The Morgan fingerprint density at radius 2 is 1.61 bits per heavy atom. The maximum absolute atomic E-state index is 13.4. The van der Waals surface area contributed by atoms with Crippen LogP contribution in [0, 0.1) is 0 Å². The highest BCUT2D eigenvalue weighted by Crippen LogP contribution is 2.45. The van der Waals surface area contributed by atoms with Gasteiger partial charge in [-0.3, -0.25) is 9.03 Å². The van der Waals surface area contributed by atoms with Crippen LogP contribution in [0.1, 0.15) is 6.42 Å². The Bertz CT molecular complexity index is 1400. The lowest BCUT2D eigenvalue weighted by Gasteiger charge is -2.24. The number of fused-ring (bicyclic) bond motifs is 1. The molecular formula is C18H14Cl3F3N2O4S3. The second-order valence-corrected chi connectivity index (χ2v) is 12.6. The van der Waals surface area contributed by atoms with Crippen molar-refractivity contribution >= 4 is 87.0 Å². The van der Waals surface area contributed by atoms with Crippen molar-refractivity contribution < 1.29 is 30.0 Å². The number of thiophene rings is 1. The molecule has 3 rings (SSSR count). The Morgan fingerprint density at radius 3 is 2.12 bits per heavy atom. The molecule has 1 aromatic heterocycles. The third-order valence-electron chi connectivity index (χ3n) is 4.23. The average molecular weight is 582 g/mol. The molecule has 15 heteroatoms. The van der Waals surface area contributed by atoms with Crippen LogP contribution in [0.4, 0.5) is 23.9 Å². The highest BCUT2D eigenvalue weighted by molar-refractivity contribution is 7.93. The second-order valence-electron chi connectivity index (χ2n) is 6.80. The molecule has 0 fully saturated rings. The largest absolute Gasteiger partial charge is 0.390 e. The quantitative estimate of drug-likeness (QED) is 0.351. The summed E-state index contributed by atoms with van der Waals surface area (Å²) in [5.41, 5.74) is -0.262. The zero-order valence-electron chi connectivity index (χ0n) is 16.5. The average Bonchev–Trinajstić information content (AvgIpc) is 2.99. The summed E-state index contributed by atoms with van der Waals surface area (Å²) in [5.74, 6) is 0. The normalized spacial score (nSPS) is 12.8. The molecule has 0 saturated heterocycles. The molecule has 0 spiro atoms. The van der Waals surface area contributed by atoms with E-state index in [1.165, 1.54) is 0 Å². The number of sulfonamides is 2. The van der Waals surface area contributed by atoms with E-state index in [1.54, 1.807) is 24.3 Å². The van der Waals surface area contributed by atoms with Crippen molar-refractivity contribution in [3.05, 3.63) is 51.5 Å². The van der Waals surface area contributed by atoms with Gasteiger partial charge in [-0.15, -0.1) is 11.3 Å². The molecule has 0 radical (unpaired) electrons. The summed E-state index contributed by atoms with van der Waals surface area (Å²) in [4.78, 5) is -0.535. The monoisotopic (exact) mass is 580 g/mol. The standard InChI is InChI=1S/C18H14Cl3F3N2O4S3/c1-32(27,28)25-16-12(19)8-10(9-13(16)20)33(29,30)26(7-6-18(22,23)24)17-15(21)11-4-2-3-5-14(11)31-17/h2-5,8-9,25H,6-7H2,1H3. The number of rotatable bonds is 7. The van der Waals surface area contributed by atoms with E-state index in [4.69, 9.17) is 34.8 Å². The first-order valence-electron chi connectivity index (χ1n) is 8.83. The summed E-state index contributed by atoms with van der Waals surface area (Å²) < 4.78 is 92.1. The van der Waals surface area contributed by atoms with Gasteiger partial charge in [0.1, 0.15) is 5.00 Å². The molecule has 0 aliphatic carbocycles. The van der Waals surface area contributed by atoms with Crippen molar-refractivity contribution in [3.8, 4) is 0 Å². The van der Waals surface area contributed by atoms with E-state index in [1.807, 2.05) is 0 Å². The smallest absolute Gasteiger partial charge is 0.281 e. The van der Waals surface area contributed by atoms with E-state index in [0.717, 1.165) is 29.7 Å². The van der Waals surface area contributed by atoms with Gasteiger partial charge in [-0.2, -0.15) is 13.2 Å². The molecule has 0 atom stereocenters. The zero-order valence-corrected chi connectivity index (χ0v) is 21.2. The molecule has 3 aromatic rings. The molecule has 0 bridgehead atoms. The summed E-state index contributed by atoms with van der Waals surface area (Å²) in [6, 6.07) is 8.41. The van der Waals surface area contributed by atoms with Crippen molar-refractivity contribution in [1.29, 1.82) is 0 Å². The number of alkyl halides is 3. The van der Waals surface area contributed by atoms with Gasteiger partial charge in [-0.25, -0.2) is 16.8 Å². The van der Waals surface area contributed by atoms with E-state index in [-0.39, 0.29) is 25.8 Å². The van der Waals surface area contributed by atoms with E-state index >= 15 is 0 Å². The molecule has 180 valence electrons. The second kappa shape index (κ2) is 9.31. The van der Waals surface area contributed by atoms with Crippen LogP contribution < -0.4 is 9.03 Å². The Hall–Kier alpha value is -1.44. The van der Waals surface area contributed by atoms with E-state index in [9.17, 15) is 30.0 Å². The summed E-state index contributed by atoms with van der Waals surface area (Å²) >= 11 is 19.4. The lowest BCUT2D eigenvalue weighted by molar-refractivity contribution is -0.131. The predicted octanol–water partition coefficient (Wildman–Crippen LogP) is 6.38. The number of hydrogen-bond donors (Lipinski definition) is 1. The van der Waals surface area contributed by atoms with Crippen LogP contribution in [-0.4, -0.2) is 35.8 Å². The van der Waals surface area contributed by atoms with Crippen molar-refractivity contribution in [1.82, 2.24) is 0 Å². The fourth-order valence-corrected chi connectivity index (χ4v) is 7.60. The minimum absolute atomic E-state index is 0.0195. The van der Waals surface area contributed by atoms with Gasteiger partial charge in [0.2, 0.25) is 10.0 Å². The number of hydrogen-bond acceptors (Lipinski definition) is 5. The van der Waals surface area contributed by atoms with E-state index in [2.05, 4.69) is 4.72 Å². The van der Waals surface area contributed by atoms with E-state index < -0.39 is 44.1 Å². The molecule has 0 unspecified atom stereocenters. The summed E-state index contributed by atoms with van der Waals surface area (Å²) in [5, 5.41) is -0.355. The zero-order chi connectivity index (χ0) is 24.8. The highest BCUT2D eigenvalue weighted by atomic mass is 35.5. The van der Waals surface area contributed by atoms with Crippen molar-refractivity contribution in [2.24, 2.45) is 0 Å². The fraction of sp³-hybridized carbons (Fsp3) is 0.222. The maximum atomic E-state index is 13.4. The van der Waals surface area contributed by atoms with Gasteiger partial charge >= 0.3 is 6.18 Å². The lowest BCUT2D eigenvalue weighted by Crippen LogP contribution is -2.34. The van der Waals surface area contributed by atoms with Gasteiger partial charge in [-0.05, 0) is 18.2 Å². The third-order valence-corrected chi connectivity index (χ3v) is 8.99. The number of benzene rings is 2. The molecule has 2 aromatic carbocycles.